The molecule has 0 bridgehead atoms. The van der Waals surface area contributed by atoms with Gasteiger partial charge in [0, 0.05) is 77.1 Å². The Bertz CT molecular complexity index is 2120. The third-order valence-electron chi connectivity index (χ3n) is 9.21. The highest BCUT2D eigenvalue weighted by atomic mass is 32.2. The van der Waals surface area contributed by atoms with Crippen molar-refractivity contribution in [3.8, 4) is 31.2 Å². The minimum Gasteiger partial charge on any atom is -0.382 e. The molecule has 316 valence electrons. The van der Waals surface area contributed by atoms with E-state index in [1.165, 1.54) is 46.2 Å². The van der Waals surface area contributed by atoms with Crippen molar-refractivity contribution in [1.29, 1.82) is 0 Å². The average Bonchev–Trinajstić information content (AvgIpc) is 3.97. The maximum Gasteiger partial charge on any atom is 0.380 e. The van der Waals surface area contributed by atoms with Gasteiger partial charge < -0.3 is 28.4 Å². The van der Waals surface area contributed by atoms with Crippen molar-refractivity contribution in [2.45, 2.75) is 64.8 Å². The molecule has 0 aromatic carbocycles. The molecular weight excluding hydrogens is 863 g/mol. The lowest BCUT2D eigenvalue weighted by atomic mass is 9.96. The molecule has 0 amide bonds. The molecule has 0 atom stereocenters. The lowest BCUT2D eigenvalue weighted by Gasteiger charge is -2.25. The van der Waals surface area contributed by atoms with Gasteiger partial charge in [-0.3, -0.25) is 0 Å². The zero-order valence-corrected chi connectivity index (χ0v) is 36.9. The third-order valence-corrected chi connectivity index (χ3v) is 15.2. The highest BCUT2D eigenvalue weighted by Crippen LogP contribution is 2.65. The lowest BCUT2D eigenvalue weighted by molar-refractivity contribution is -0.260. The van der Waals surface area contributed by atoms with Crippen LogP contribution in [0.4, 0.5) is 26.3 Å². The first kappa shape index (κ1) is 46.6. The van der Waals surface area contributed by atoms with Gasteiger partial charge in [-0.25, -0.2) is 0 Å². The van der Waals surface area contributed by atoms with E-state index in [1.807, 2.05) is 26.8 Å². The van der Waals surface area contributed by atoms with Gasteiger partial charge in [0.05, 0.1) is 64.3 Å². The van der Waals surface area contributed by atoms with E-state index in [9.17, 15) is 0 Å². The molecule has 0 N–H and O–H groups in total. The monoisotopic (exact) mass is 906 g/mol. The molecule has 0 saturated heterocycles. The first-order valence-electron chi connectivity index (χ1n) is 18.0. The number of allylic oxidation sites excluding steroid dienone is 3. The smallest absolute Gasteiger partial charge is 0.380 e. The second-order valence-electron chi connectivity index (χ2n) is 13.2. The Morgan fingerprint density at radius 2 is 1.14 bits per heavy atom. The number of ether oxygens (including phenoxy) is 6. The SMILES string of the molecule is C#CS/C(=C\CC1=C(c2cc(-c3cc(C)c(COCCOC)s3)sc2-c2cc(C)c(COCCOC)s2)C(F)(F)C(F)(F)C1(F)F)c1cc(C)c(COCCOC)s1. The Morgan fingerprint density at radius 3 is 1.67 bits per heavy atom. The predicted molar refractivity (Wildman–Crippen MR) is 225 cm³/mol. The Morgan fingerprint density at radius 1 is 0.655 bits per heavy atom. The van der Waals surface area contributed by atoms with E-state index in [1.54, 1.807) is 33.5 Å². The summed E-state index contributed by atoms with van der Waals surface area (Å²) in [5, 5.41) is 2.41. The summed E-state index contributed by atoms with van der Waals surface area (Å²) >= 11 is 5.81. The van der Waals surface area contributed by atoms with E-state index in [2.05, 4.69) is 5.25 Å². The molecule has 0 radical (unpaired) electrons. The molecule has 0 saturated carbocycles. The van der Waals surface area contributed by atoms with Crippen LogP contribution < -0.4 is 0 Å². The van der Waals surface area contributed by atoms with Crippen LogP contribution in [-0.2, 0) is 48.2 Å². The predicted octanol–water partition coefficient (Wildman–Crippen LogP) is 12.1. The van der Waals surface area contributed by atoms with Gasteiger partial charge in [0.1, 0.15) is 0 Å². The largest absolute Gasteiger partial charge is 0.382 e. The Hall–Kier alpha value is -2.47. The van der Waals surface area contributed by atoms with Gasteiger partial charge in [0.15, 0.2) is 0 Å². The van der Waals surface area contributed by atoms with Crippen LogP contribution in [-0.4, -0.2) is 78.7 Å². The van der Waals surface area contributed by atoms with Crippen molar-refractivity contribution in [3.05, 3.63) is 77.7 Å². The average molecular weight is 907 g/mol. The number of halogens is 6. The summed E-state index contributed by atoms with van der Waals surface area (Å²) in [6.07, 6.45) is 5.96. The quantitative estimate of drug-likeness (QED) is 0.0442. The van der Waals surface area contributed by atoms with Gasteiger partial charge in [-0.2, -0.15) is 26.3 Å². The number of hydrogen-bond acceptors (Lipinski definition) is 11. The van der Waals surface area contributed by atoms with Crippen molar-refractivity contribution in [2.24, 2.45) is 0 Å². The van der Waals surface area contributed by atoms with Gasteiger partial charge in [-0.15, -0.1) is 51.8 Å². The van der Waals surface area contributed by atoms with E-state index in [0.717, 1.165) is 54.4 Å². The fourth-order valence-electron chi connectivity index (χ4n) is 6.05. The van der Waals surface area contributed by atoms with Crippen molar-refractivity contribution in [1.82, 2.24) is 0 Å². The number of methoxy groups -OCH3 is 3. The standard InChI is InChI=1S/C41H44F6O6S5/c1-8-54-29(30-17-24(2)34(55-30)21-51-14-11-48-5)10-9-28-37(40(44,45)41(46,47)39(28,42)43)27-20-32(31-18-25(3)35(56-31)22-52-15-12-49-6)58-38(27)33-19-26(4)36(57-33)23-53-16-13-50-7/h1,10,17-20H,9,11-16,21-23H2,2-7H3/b29-10-. The molecule has 58 heavy (non-hydrogen) atoms. The van der Waals surface area contributed by atoms with Gasteiger partial charge in [0.2, 0.25) is 0 Å². The summed E-state index contributed by atoms with van der Waals surface area (Å²) in [5.41, 5.74) is -0.656. The maximum absolute atomic E-state index is 16.3. The molecule has 17 heteroatoms. The number of alkyl halides is 6. The topological polar surface area (TPSA) is 55.4 Å². The number of thiophene rings is 4. The van der Waals surface area contributed by atoms with Crippen LogP contribution in [0.1, 0.15) is 48.2 Å². The second-order valence-corrected chi connectivity index (χ2v) is 18.6. The van der Waals surface area contributed by atoms with Gasteiger partial charge in [-0.1, -0.05) is 6.08 Å². The number of terminal acetylenes is 1. The number of aryl methyl sites for hydroxylation is 3. The van der Waals surface area contributed by atoms with Gasteiger partial charge >= 0.3 is 17.8 Å². The lowest BCUT2D eigenvalue weighted by Crippen LogP contribution is -2.49. The normalized spacial score (nSPS) is 16.2. The molecular formula is C41H44F6O6S5. The number of hydrogen-bond donors (Lipinski definition) is 0. The molecule has 4 aromatic rings. The second kappa shape index (κ2) is 20.4. The number of thioether (sulfide) groups is 1. The van der Waals surface area contributed by atoms with E-state index in [-0.39, 0.29) is 30.3 Å². The van der Waals surface area contributed by atoms with Crippen LogP contribution in [0.25, 0.3) is 30.0 Å². The van der Waals surface area contributed by atoms with Crippen LogP contribution in [0.3, 0.4) is 0 Å². The molecule has 4 heterocycles. The van der Waals surface area contributed by atoms with E-state index < -0.39 is 35.3 Å². The van der Waals surface area contributed by atoms with Crippen molar-refractivity contribution < 1.29 is 54.8 Å². The maximum atomic E-state index is 16.3. The van der Waals surface area contributed by atoms with Gasteiger partial charge in [0.25, 0.3) is 0 Å². The summed E-state index contributed by atoms with van der Waals surface area (Å²) < 4.78 is 128. The summed E-state index contributed by atoms with van der Waals surface area (Å²) in [6.45, 7) is 8.38. The molecule has 6 nitrogen and oxygen atoms in total. The highest BCUT2D eigenvalue weighted by Gasteiger charge is 2.80. The molecule has 0 spiro atoms. The minimum absolute atomic E-state index is 0.171. The Labute approximate surface area is 355 Å². The summed E-state index contributed by atoms with van der Waals surface area (Å²) in [6, 6.07) is 6.71. The first-order valence-corrected chi connectivity index (χ1v) is 22.0. The molecule has 5 rings (SSSR count). The Balaban J connectivity index is 1.66. The first-order chi connectivity index (χ1) is 27.6. The van der Waals surface area contributed by atoms with Crippen molar-refractivity contribution in [2.75, 3.05) is 61.0 Å². The Kier molecular flexibility index (Phi) is 16.4. The van der Waals surface area contributed by atoms with Crippen LogP contribution >= 0.6 is 57.1 Å². The third kappa shape index (κ3) is 10.0. The summed E-state index contributed by atoms with van der Waals surface area (Å²) in [4.78, 5) is 5.07. The van der Waals surface area contributed by atoms with Gasteiger partial charge in [-0.05, 0) is 85.2 Å². The fraction of sp³-hybridized carbons (Fsp3) is 0.463. The van der Waals surface area contributed by atoms with E-state index >= 15 is 26.3 Å². The number of rotatable bonds is 22. The van der Waals surface area contributed by atoms with Crippen LogP contribution in [0.2, 0.25) is 0 Å². The van der Waals surface area contributed by atoms with Crippen LogP contribution in [0.15, 0.2) is 35.9 Å². The zero-order chi connectivity index (χ0) is 42.3. The van der Waals surface area contributed by atoms with Crippen LogP contribution in [0, 0.1) is 32.4 Å². The van der Waals surface area contributed by atoms with Crippen LogP contribution in [0.5, 0.6) is 0 Å². The van der Waals surface area contributed by atoms with Crippen molar-refractivity contribution >= 4 is 67.6 Å². The fourth-order valence-corrected chi connectivity index (χ4v) is 11.4. The van der Waals surface area contributed by atoms with E-state index in [4.69, 9.17) is 34.8 Å². The summed E-state index contributed by atoms with van der Waals surface area (Å²) in [7, 11) is 4.65. The molecule has 0 unspecified atom stereocenters. The molecule has 1 aliphatic rings. The molecule has 4 aromatic heterocycles. The molecule has 0 aliphatic heterocycles. The molecule has 0 fully saturated rings. The molecule has 1 aliphatic carbocycles. The summed E-state index contributed by atoms with van der Waals surface area (Å²) in [5.74, 6) is -16.2. The van der Waals surface area contributed by atoms with E-state index in [0.29, 0.717) is 64.1 Å². The zero-order valence-electron chi connectivity index (χ0n) is 32.8. The minimum atomic E-state index is -5.72. The van der Waals surface area contributed by atoms with Crippen molar-refractivity contribution in [3.63, 3.8) is 0 Å². The highest BCUT2D eigenvalue weighted by molar-refractivity contribution is 8.12.